The average Bonchev–Trinajstić information content (AvgIpc) is 2.28. The minimum absolute atomic E-state index is 0.0749. The third-order valence-electron chi connectivity index (χ3n) is 2.29. The molecule has 100 valence electrons. The summed E-state index contributed by atoms with van der Waals surface area (Å²) in [5, 5.41) is 2.47. The quantitative estimate of drug-likeness (QED) is 0.767. The van der Waals surface area contributed by atoms with Gasteiger partial charge in [0, 0.05) is 11.4 Å². The molecule has 0 saturated heterocycles. The van der Waals surface area contributed by atoms with Crippen LogP contribution in [-0.4, -0.2) is 32.9 Å². The maximum atomic E-state index is 11.6. The van der Waals surface area contributed by atoms with Crippen molar-refractivity contribution in [3.63, 3.8) is 0 Å². The summed E-state index contributed by atoms with van der Waals surface area (Å²) in [4.78, 5) is 11.6. The smallest absolute Gasteiger partial charge is 0.239 e. The minimum atomic E-state index is -3.35. The van der Waals surface area contributed by atoms with Gasteiger partial charge in [0.25, 0.3) is 0 Å². The Bertz CT molecular complexity index is 540. The molecule has 18 heavy (non-hydrogen) atoms. The number of rotatable bonds is 5. The SMILES string of the molecule is CCS(=O)(=O)CC(=O)Nc1cc(N)ccc1OC. The highest BCUT2D eigenvalue weighted by Crippen LogP contribution is 2.26. The molecule has 0 fully saturated rings. The van der Waals surface area contributed by atoms with Gasteiger partial charge in [-0.2, -0.15) is 0 Å². The van der Waals surface area contributed by atoms with E-state index < -0.39 is 21.5 Å². The molecule has 3 N–H and O–H groups in total. The van der Waals surface area contributed by atoms with Crippen LogP contribution < -0.4 is 15.8 Å². The van der Waals surface area contributed by atoms with Crippen molar-refractivity contribution in [2.24, 2.45) is 0 Å². The zero-order valence-electron chi connectivity index (χ0n) is 10.3. The second-order valence-corrected chi connectivity index (χ2v) is 6.04. The van der Waals surface area contributed by atoms with Gasteiger partial charge in [0.1, 0.15) is 11.5 Å². The number of nitrogens with one attached hydrogen (secondary N) is 1. The van der Waals surface area contributed by atoms with E-state index in [1.807, 2.05) is 0 Å². The van der Waals surface area contributed by atoms with Gasteiger partial charge >= 0.3 is 0 Å². The molecule has 0 heterocycles. The van der Waals surface area contributed by atoms with Gasteiger partial charge in [0.2, 0.25) is 5.91 Å². The lowest BCUT2D eigenvalue weighted by Gasteiger charge is -2.10. The maximum absolute atomic E-state index is 11.6. The van der Waals surface area contributed by atoms with Crippen LogP contribution >= 0.6 is 0 Å². The van der Waals surface area contributed by atoms with E-state index in [4.69, 9.17) is 10.5 Å². The van der Waals surface area contributed by atoms with Crippen molar-refractivity contribution in [1.82, 2.24) is 0 Å². The number of nitrogen functional groups attached to an aromatic ring is 1. The molecule has 0 aliphatic rings. The number of carbonyl (C=O) groups is 1. The lowest BCUT2D eigenvalue weighted by Crippen LogP contribution is -2.24. The van der Waals surface area contributed by atoms with Gasteiger partial charge in [-0.05, 0) is 18.2 Å². The first-order valence-electron chi connectivity index (χ1n) is 5.31. The van der Waals surface area contributed by atoms with Crippen molar-refractivity contribution in [2.45, 2.75) is 6.92 Å². The van der Waals surface area contributed by atoms with Crippen LogP contribution in [0.3, 0.4) is 0 Å². The highest BCUT2D eigenvalue weighted by atomic mass is 32.2. The Morgan fingerprint density at radius 3 is 2.67 bits per heavy atom. The fraction of sp³-hybridized carbons (Fsp3) is 0.364. The molecule has 1 aromatic rings. The summed E-state index contributed by atoms with van der Waals surface area (Å²) in [5.41, 5.74) is 6.39. The van der Waals surface area contributed by atoms with Crippen molar-refractivity contribution in [1.29, 1.82) is 0 Å². The second-order valence-electron chi connectivity index (χ2n) is 3.68. The molecule has 1 rings (SSSR count). The Balaban J connectivity index is 2.85. The van der Waals surface area contributed by atoms with Gasteiger partial charge in [-0.25, -0.2) is 8.42 Å². The van der Waals surface area contributed by atoms with Gasteiger partial charge in [-0.1, -0.05) is 6.92 Å². The van der Waals surface area contributed by atoms with Crippen LogP contribution in [0.15, 0.2) is 18.2 Å². The van der Waals surface area contributed by atoms with E-state index in [0.717, 1.165) is 0 Å². The van der Waals surface area contributed by atoms with Crippen LogP contribution in [0.1, 0.15) is 6.92 Å². The highest BCUT2D eigenvalue weighted by molar-refractivity contribution is 7.92. The molecule has 0 radical (unpaired) electrons. The van der Waals surface area contributed by atoms with Crippen LogP contribution in [0.4, 0.5) is 11.4 Å². The number of amides is 1. The van der Waals surface area contributed by atoms with E-state index in [-0.39, 0.29) is 5.75 Å². The summed E-state index contributed by atoms with van der Waals surface area (Å²) in [7, 11) is -1.90. The summed E-state index contributed by atoms with van der Waals surface area (Å²) in [5.74, 6) is -0.817. The van der Waals surface area contributed by atoms with Crippen molar-refractivity contribution in [3.8, 4) is 5.75 Å². The van der Waals surface area contributed by atoms with Gasteiger partial charge in [-0.15, -0.1) is 0 Å². The lowest BCUT2D eigenvalue weighted by atomic mass is 10.2. The fourth-order valence-electron chi connectivity index (χ4n) is 1.31. The number of methoxy groups -OCH3 is 1. The molecule has 0 aliphatic carbocycles. The first-order chi connectivity index (χ1) is 8.38. The molecule has 0 saturated carbocycles. The van der Waals surface area contributed by atoms with Crippen molar-refractivity contribution < 1.29 is 17.9 Å². The number of ether oxygens (including phenoxy) is 1. The molecule has 0 bridgehead atoms. The summed E-state index contributed by atoms with van der Waals surface area (Å²) in [6.07, 6.45) is 0. The summed E-state index contributed by atoms with van der Waals surface area (Å²) in [6, 6.07) is 4.73. The Kier molecular flexibility index (Phi) is 4.55. The second kappa shape index (κ2) is 5.72. The van der Waals surface area contributed by atoms with Crippen LogP contribution in [0, 0.1) is 0 Å². The van der Waals surface area contributed by atoms with Gasteiger partial charge in [0.05, 0.1) is 12.8 Å². The molecule has 0 atom stereocenters. The molecule has 1 aromatic carbocycles. The van der Waals surface area contributed by atoms with E-state index in [1.54, 1.807) is 12.1 Å². The van der Waals surface area contributed by atoms with Crippen LogP contribution in [0.2, 0.25) is 0 Å². The first-order valence-corrected chi connectivity index (χ1v) is 7.14. The zero-order chi connectivity index (χ0) is 13.8. The van der Waals surface area contributed by atoms with Crippen LogP contribution in [0.5, 0.6) is 5.75 Å². The van der Waals surface area contributed by atoms with Crippen LogP contribution in [0.25, 0.3) is 0 Å². The Labute approximate surface area is 106 Å². The zero-order valence-corrected chi connectivity index (χ0v) is 11.1. The summed E-state index contributed by atoms with van der Waals surface area (Å²) in [6.45, 7) is 1.49. The summed E-state index contributed by atoms with van der Waals surface area (Å²) < 4.78 is 27.6. The number of hydrogen-bond acceptors (Lipinski definition) is 5. The maximum Gasteiger partial charge on any atom is 0.239 e. The Morgan fingerprint density at radius 1 is 1.44 bits per heavy atom. The van der Waals surface area contributed by atoms with E-state index in [1.165, 1.54) is 20.1 Å². The third-order valence-corrected chi connectivity index (χ3v) is 3.87. The van der Waals surface area contributed by atoms with Gasteiger partial charge in [-0.3, -0.25) is 4.79 Å². The molecule has 0 spiro atoms. The third kappa shape index (κ3) is 3.92. The summed E-state index contributed by atoms with van der Waals surface area (Å²) >= 11 is 0. The van der Waals surface area contributed by atoms with Crippen molar-refractivity contribution >= 4 is 27.1 Å². The number of sulfone groups is 1. The Morgan fingerprint density at radius 2 is 2.11 bits per heavy atom. The monoisotopic (exact) mass is 272 g/mol. The predicted molar refractivity (Wildman–Crippen MR) is 70.4 cm³/mol. The molecule has 0 aromatic heterocycles. The van der Waals surface area contributed by atoms with E-state index in [9.17, 15) is 13.2 Å². The molecule has 0 unspecified atom stereocenters. The van der Waals surface area contributed by atoms with E-state index >= 15 is 0 Å². The Hall–Kier alpha value is -1.76. The minimum Gasteiger partial charge on any atom is -0.495 e. The van der Waals surface area contributed by atoms with Gasteiger partial charge < -0.3 is 15.8 Å². The van der Waals surface area contributed by atoms with Gasteiger partial charge in [0.15, 0.2) is 9.84 Å². The fourth-order valence-corrected chi connectivity index (χ4v) is 1.99. The topological polar surface area (TPSA) is 98.5 Å². The molecule has 1 amide bonds. The normalized spacial score (nSPS) is 11.0. The van der Waals surface area contributed by atoms with Crippen molar-refractivity contribution in [2.75, 3.05) is 29.7 Å². The molecule has 6 nitrogen and oxygen atoms in total. The van der Waals surface area contributed by atoms with E-state index in [0.29, 0.717) is 17.1 Å². The predicted octanol–water partition coefficient (Wildman–Crippen LogP) is 0.651. The van der Waals surface area contributed by atoms with Crippen molar-refractivity contribution in [3.05, 3.63) is 18.2 Å². The number of benzene rings is 1. The molecule has 0 aliphatic heterocycles. The number of anilines is 2. The lowest BCUT2D eigenvalue weighted by molar-refractivity contribution is -0.113. The molecule has 7 heteroatoms. The largest absolute Gasteiger partial charge is 0.495 e. The molecular formula is C11H16N2O4S. The first kappa shape index (κ1) is 14.3. The number of nitrogens with two attached hydrogens (primary N) is 1. The highest BCUT2D eigenvalue weighted by Gasteiger charge is 2.15. The number of hydrogen-bond donors (Lipinski definition) is 2. The van der Waals surface area contributed by atoms with Crippen LogP contribution in [-0.2, 0) is 14.6 Å². The average molecular weight is 272 g/mol. The van der Waals surface area contributed by atoms with E-state index in [2.05, 4.69) is 5.32 Å². The number of carbonyl (C=O) groups excluding carboxylic acids is 1. The molecular weight excluding hydrogens is 256 g/mol. The standard InChI is InChI=1S/C11H16N2O4S/c1-3-18(15,16)7-11(14)13-9-6-8(12)4-5-10(9)17-2/h4-6H,3,7,12H2,1-2H3,(H,13,14).